The van der Waals surface area contributed by atoms with Gasteiger partial charge in [-0.15, -0.1) is 0 Å². The molecule has 0 spiro atoms. The predicted molar refractivity (Wildman–Crippen MR) is 79.6 cm³/mol. The molecule has 1 aromatic rings. The Morgan fingerprint density at radius 3 is 2.90 bits per heavy atom. The number of carbonyl (C=O) groups is 1. The first-order chi connectivity index (χ1) is 9.52. The van der Waals surface area contributed by atoms with Gasteiger partial charge >= 0.3 is 5.97 Å². The SMILES string of the molecule is COCc1nc(N(C)C2CCCC(C)C2)sc1C(=O)O. The molecule has 0 aliphatic heterocycles. The molecule has 1 fully saturated rings. The summed E-state index contributed by atoms with van der Waals surface area (Å²) in [5.41, 5.74) is 0.524. The molecule has 0 bridgehead atoms. The molecule has 112 valence electrons. The lowest BCUT2D eigenvalue weighted by atomic mass is 9.86. The van der Waals surface area contributed by atoms with Gasteiger partial charge in [0, 0.05) is 20.2 Å². The summed E-state index contributed by atoms with van der Waals surface area (Å²) < 4.78 is 5.04. The average molecular weight is 298 g/mol. The lowest BCUT2D eigenvalue weighted by molar-refractivity contribution is 0.0697. The molecule has 1 saturated carbocycles. The summed E-state index contributed by atoms with van der Waals surface area (Å²) in [5, 5.41) is 10.0. The fraction of sp³-hybridized carbons (Fsp3) is 0.714. The maximum Gasteiger partial charge on any atom is 0.347 e. The van der Waals surface area contributed by atoms with Gasteiger partial charge in [-0.1, -0.05) is 31.1 Å². The smallest absolute Gasteiger partial charge is 0.347 e. The van der Waals surface area contributed by atoms with Crippen LogP contribution in [-0.2, 0) is 11.3 Å². The first kappa shape index (κ1) is 15.3. The molecule has 1 aromatic heterocycles. The zero-order valence-corrected chi connectivity index (χ0v) is 13.1. The Morgan fingerprint density at radius 2 is 2.30 bits per heavy atom. The fourth-order valence-electron chi connectivity index (χ4n) is 2.80. The van der Waals surface area contributed by atoms with E-state index >= 15 is 0 Å². The highest BCUT2D eigenvalue weighted by atomic mass is 32.1. The number of carboxylic acid groups (broad SMARTS) is 1. The van der Waals surface area contributed by atoms with Gasteiger partial charge in [-0.25, -0.2) is 9.78 Å². The van der Waals surface area contributed by atoms with Crippen molar-refractivity contribution >= 4 is 22.4 Å². The number of methoxy groups -OCH3 is 1. The molecular weight excluding hydrogens is 276 g/mol. The van der Waals surface area contributed by atoms with Gasteiger partial charge in [0.05, 0.1) is 12.3 Å². The normalized spacial score (nSPS) is 22.8. The minimum atomic E-state index is -0.925. The van der Waals surface area contributed by atoms with Crippen LogP contribution in [0.2, 0.25) is 0 Å². The lowest BCUT2D eigenvalue weighted by Crippen LogP contribution is -2.35. The summed E-state index contributed by atoms with van der Waals surface area (Å²) >= 11 is 1.25. The summed E-state index contributed by atoms with van der Waals surface area (Å²) in [6.45, 7) is 2.52. The molecule has 2 unspecified atom stereocenters. The molecule has 5 nitrogen and oxygen atoms in total. The third-order valence-corrected chi connectivity index (χ3v) is 5.10. The molecule has 1 aliphatic rings. The molecule has 6 heteroatoms. The maximum atomic E-state index is 11.3. The van der Waals surface area contributed by atoms with Crippen molar-refractivity contribution in [2.45, 2.75) is 45.3 Å². The molecule has 2 rings (SSSR count). The second kappa shape index (κ2) is 6.54. The number of hydrogen-bond donors (Lipinski definition) is 1. The van der Waals surface area contributed by atoms with E-state index in [4.69, 9.17) is 4.74 Å². The van der Waals surface area contributed by atoms with Crippen molar-refractivity contribution in [1.29, 1.82) is 0 Å². The van der Waals surface area contributed by atoms with Crippen LogP contribution in [0.1, 0.15) is 48.0 Å². The van der Waals surface area contributed by atoms with E-state index < -0.39 is 5.97 Å². The Hall–Kier alpha value is -1.14. The van der Waals surface area contributed by atoms with Crippen LogP contribution in [0.5, 0.6) is 0 Å². The van der Waals surface area contributed by atoms with E-state index in [1.54, 1.807) is 7.11 Å². The number of ether oxygens (including phenoxy) is 1. The van der Waals surface area contributed by atoms with Gasteiger partial charge in [-0.3, -0.25) is 0 Å². The van der Waals surface area contributed by atoms with E-state index in [0.717, 1.165) is 23.9 Å². The summed E-state index contributed by atoms with van der Waals surface area (Å²) in [6, 6.07) is 0.460. The maximum absolute atomic E-state index is 11.3. The van der Waals surface area contributed by atoms with Crippen molar-refractivity contribution in [3.8, 4) is 0 Å². The Bertz CT molecular complexity index is 475. The van der Waals surface area contributed by atoms with Crippen LogP contribution in [0.25, 0.3) is 0 Å². The Kier molecular flexibility index (Phi) is 4.99. The van der Waals surface area contributed by atoms with Crippen LogP contribution < -0.4 is 4.90 Å². The fourth-order valence-corrected chi connectivity index (χ4v) is 3.74. The van der Waals surface area contributed by atoms with Crippen LogP contribution in [0.4, 0.5) is 5.13 Å². The van der Waals surface area contributed by atoms with Crippen molar-refractivity contribution < 1.29 is 14.6 Å². The Balaban J connectivity index is 2.18. The van der Waals surface area contributed by atoms with E-state index in [9.17, 15) is 9.90 Å². The number of nitrogens with zero attached hydrogens (tertiary/aromatic N) is 2. The van der Waals surface area contributed by atoms with E-state index in [-0.39, 0.29) is 11.5 Å². The second-order valence-corrected chi connectivity index (χ2v) is 6.52. The Labute approximate surface area is 123 Å². The number of aromatic nitrogens is 1. The quantitative estimate of drug-likeness (QED) is 0.905. The minimum Gasteiger partial charge on any atom is -0.477 e. The predicted octanol–water partition coefficient (Wildman–Crippen LogP) is 3.00. The van der Waals surface area contributed by atoms with E-state index in [2.05, 4.69) is 16.8 Å². The molecule has 0 amide bonds. The molecular formula is C14H22N2O3S. The highest BCUT2D eigenvalue weighted by Gasteiger charge is 2.26. The second-order valence-electron chi connectivity index (χ2n) is 5.55. The number of anilines is 1. The van der Waals surface area contributed by atoms with E-state index in [1.165, 1.54) is 24.2 Å². The van der Waals surface area contributed by atoms with E-state index in [1.807, 2.05) is 7.05 Å². The summed E-state index contributed by atoms with van der Waals surface area (Å²) in [5.74, 6) is -0.195. The summed E-state index contributed by atoms with van der Waals surface area (Å²) in [4.78, 5) is 18.2. The van der Waals surface area contributed by atoms with Gasteiger partial charge in [-0.2, -0.15) is 0 Å². The topological polar surface area (TPSA) is 62.7 Å². The van der Waals surface area contributed by atoms with Crippen LogP contribution in [-0.4, -0.2) is 36.3 Å². The summed E-state index contributed by atoms with van der Waals surface area (Å²) in [6.07, 6.45) is 4.83. The van der Waals surface area contributed by atoms with Gasteiger partial charge < -0.3 is 14.7 Å². The standard InChI is InChI=1S/C14H22N2O3S/c1-9-5-4-6-10(7-9)16(2)14-15-11(8-19-3)12(20-14)13(17)18/h9-10H,4-8H2,1-3H3,(H,17,18). The number of rotatable bonds is 5. The van der Waals surface area contributed by atoms with Crippen molar-refractivity contribution in [1.82, 2.24) is 4.98 Å². The Morgan fingerprint density at radius 1 is 1.55 bits per heavy atom. The molecule has 0 radical (unpaired) electrons. The van der Waals surface area contributed by atoms with Crippen molar-refractivity contribution in [3.05, 3.63) is 10.6 Å². The van der Waals surface area contributed by atoms with E-state index in [0.29, 0.717) is 11.7 Å². The first-order valence-corrected chi connectivity index (χ1v) is 7.79. The molecule has 0 aromatic carbocycles. The average Bonchev–Trinajstić information content (AvgIpc) is 2.82. The molecule has 0 saturated heterocycles. The summed E-state index contributed by atoms with van der Waals surface area (Å²) in [7, 11) is 3.57. The largest absolute Gasteiger partial charge is 0.477 e. The number of carboxylic acids is 1. The highest BCUT2D eigenvalue weighted by Crippen LogP contribution is 2.33. The number of aromatic carboxylic acids is 1. The minimum absolute atomic E-state index is 0.243. The van der Waals surface area contributed by atoms with Crippen LogP contribution in [0, 0.1) is 5.92 Å². The van der Waals surface area contributed by atoms with Crippen LogP contribution in [0.3, 0.4) is 0 Å². The molecule has 2 atom stereocenters. The van der Waals surface area contributed by atoms with Crippen molar-refractivity contribution in [2.24, 2.45) is 5.92 Å². The molecule has 1 aliphatic carbocycles. The first-order valence-electron chi connectivity index (χ1n) is 6.97. The molecule has 1 N–H and O–H groups in total. The zero-order chi connectivity index (χ0) is 14.7. The highest BCUT2D eigenvalue weighted by molar-refractivity contribution is 7.17. The van der Waals surface area contributed by atoms with Crippen molar-refractivity contribution in [3.63, 3.8) is 0 Å². The third-order valence-electron chi connectivity index (χ3n) is 3.92. The van der Waals surface area contributed by atoms with Gasteiger partial charge in [0.25, 0.3) is 0 Å². The molecule has 20 heavy (non-hydrogen) atoms. The third kappa shape index (κ3) is 3.30. The van der Waals surface area contributed by atoms with Crippen LogP contribution >= 0.6 is 11.3 Å². The van der Waals surface area contributed by atoms with Gasteiger partial charge in [0.2, 0.25) is 0 Å². The number of thiazole rings is 1. The van der Waals surface area contributed by atoms with Crippen LogP contribution in [0.15, 0.2) is 0 Å². The van der Waals surface area contributed by atoms with Gasteiger partial charge in [-0.05, 0) is 18.8 Å². The number of hydrogen-bond acceptors (Lipinski definition) is 5. The monoisotopic (exact) mass is 298 g/mol. The van der Waals surface area contributed by atoms with Gasteiger partial charge in [0.1, 0.15) is 4.88 Å². The lowest BCUT2D eigenvalue weighted by Gasteiger charge is -2.33. The van der Waals surface area contributed by atoms with Crippen molar-refractivity contribution in [2.75, 3.05) is 19.1 Å². The van der Waals surface area contributed by atoms with Gasteiger partial charge in [0.15, 0.2) is 5.13 Å². The molecule has 1 heterocycles. The zero-order valence-electron chi connectivity index (χ0n) is 12.3.